The molecule has 8 nitrogen and oxygen atoms in total. The van der Waals surface area contributed by atoms with Gasteiger partial charge in [0.2, 0.25) is 0 Å². The first-order valence-corrected chi connectivity index (χ1v) is 9.59. The maximum Gasteiger partial charge on any atom is 0.278 e. The molecular formula is C21H15ClF2N6O2. The fourth-order valence-electron chi connectivity index (χ4n) is 2.88. The summed E-state index contributed by atoms with van der Waals surface area (Å²) in [4.78, 5) is 16.4. The van der Waals surface area contributed by atoms with Crippen LogP contribution < -0.4 is 15.8 Å². The van der Waals surface area contributed by atoms with E-state index in [1.165, 1.54) is 47.3 Å². The summed E-state index contributed by atoms with van der Waals surface area (Å²) in [6.45, 7) is 1.57. The molecule has 0 saturated carbocycles. The zero-order valence-electron chi connectivity index (χ0n) is 16.5. The Bertz CT molecular complexity index is 1330. The van der Waals surface area contributed by atoms with Crippen LogP contribution in [0.3, 0.4) is 0 Å². The van der Waals surface area contributed by atoms with Crippen molar-refractivity contribution in [1.82, 2.24) is 20.0 Å². The molecule has 0 atom stereocenters. The second kappa shape index (κ2) is 8.60. The van der Waals surface area contributed by atoms with Gasteiger partial charge in [-0.05, 0) is 31.2 Å². The monoisotopic (exact) mass is 456 g/mol. The quantitative estimate of drug-likeness (QED) is 0.457. The molecule has 2 aromatic carbocycles. The standard InChI is InChI=1S/C21H15ClF2N6O2/c1-11-19(28-29-30(11)15-5-3-2-4-13(15)23)21(31)27-12-6-7-16(14(24)10-12)32-17-8-9-26-20(25)18(17)22/h2-10H,1H3,(H2,25,26)(H,27,31). The van der Waals surface area contributed by atoms with Crippen LogP contribution in [0, 0.1) is 18.6 Å². The van der Waals surface area contributed by atoms with Gasteiger partial charge in [0.15, 0.2) is 23.0 Å². The summed E-state index contributed by atoms with van der Waals surface area (Å²) in [6, 6.07) is 11.2. The molecule has 0 fully saturated rings. The number of hydrogen-bond donors (Lipinski definition) is 2. The highest BCUT2D eigenvalue weighted by molar-refractivity contribution is 6.34. The Morgan fingerprint density at radius 3 is 2.66 bits per heavy atom. The number of carbonyl (C=O) groups is 1. The number of nitrogen functional groups attached to an aromatic ring is 1. The number of amides is 1. The summed E-state index contributed by atoms with van der Waals surface area (Å²) in [5.41, 5.74) is 6.20. The number of nitrogens with one attached hydrogen (secondary N) is 1. The number of ether oxygens (including phenoxy) is 1. The minimum absolute atomic E-state index is 0.0342. The van der Waals surface area contributed by atoms with Gasteiger partial charge < -0.3 is 15.8 Å². The van der Waals surface area contributed by atoms with Gasteiger partial charge in [-0.2, -0.15) is 0 Å². The third-order valence-electron chi connectivity index (χ3n) is 4.48. The number of carbonyl (C=O) groups excluding carboxylic acids is 1. The van der Waals surface area contributed by atoms with Crippen molar-refractivity contribution >= 4 is 29.0 Å². The lowest BCUT2D eigenvalue weighted by Gasteiger charge is -2.11. The number of aromatic nitrogens is 4. The molecule has 0 radical (unpaired) electrons. The van der Waals surface area contributed by atoms with Crippen molar-refractivity contribution in [2.24, 2.45) is 0 Å². The summed E-state index contributed by atoms with van der Waals surface area (Å²) in [5, 5.41) is 10.3. The molecule has 11 heteroatoms. The van der Waals surface area contributed by atoms with Crippen molar-refractivity contribution in [3.8, 4) is 17.2 Å². The highest BCUT2D eigenvalue weighted by Gasteiger charge is 2.20. The number of hydrogen-bond acceptors (Lipinski definition) is 6. The van der Waals surface area contributed by atoms with E-state index in [9.17, 15) is 13.6 Å². The van der Waals surface area contributed by atoms with E-state index in [4.69, 9.17) is 22.1 Å². The predicted molar refractivity (Wildman–Crippen MR) is 114 cm³/mol. The molecule has 0 aliphatic heterocycles. The minimum Gasteiger partial charge on any atom is -0.453 e. The number of pyridine rings is 1. The highest BCUT2D eigenvalue weighted by Crippen LogP contribution is 2.34. The van der Waals surface area contributed by atoms with Crippen molar-refractivity contribution in [1.29, 1.82) is 0 Å². The maximum atomic E-state index is 14.5. The first-order valence-electron chi connectivity index (χ1n) is 9.21. The molecule has 162 valence electrons. The lowest BCUT2D eigenvalue weighted by molar-refractivity contribution is 0.102. The summed E-state index contributed by atoms with van der Waals surface area (Å²) in [5.74, 6) is -1.84. The molecule has 4 aromatic rings. The molecule has 1 amide bonds. The Labute approximate surface area is 185 Å². The molecule has 3 N–H and O–H groups in total. The van der Waals surface area contributed by atoms with Crippen molar-refractivity contribution in [2.45, 2.75) is 6.92 Å². The van der Waals surface area contributed by atoms with Crippen LogP contribution in [0.5, 0.6) is 11.5 Å². The lowest BCUT2D eigenvalue weighted by atomic mass is 10.2. The van der Waals surface area contributed by atoms with Gasteiger partial charge in [-0.1, -0.05) is 28.9 Å². The van der Waals surface area contributed by atoms with Crippen LogP contribution in [-0.2, 0) is 0 Å². The molecule has 2 heterocycles. The number of benzene rings is 2. The fourth-order valence-corrected chi connectivity index (χ4v) is 3.03. The van der Waals surface area contributed by atoms with Gasteiger partial charge in [0.25, 0.3) is 5.91 Å². The van der Waals surface area contributed by atoms with Crippen LogP contribution in [-0.4, -0.2) is 25.9 Å². The maximum absolute atomic E-state index is 14.5. The van der Waals surface area contributed by atoms with E-state index >= 15 is 0 Å². The fraction of sp³-hybridized carbons (Fsp3) is 0.0476. The molecule has 0 saturated heterocycles. The Kier molecular flexibility index (Phi) is 5.69. The third-order valence-corrected chi connectivity index (χ3v) is 4.86. The van der Waals surface area contributed by atoms with Crippen molar-refractivity contribution in [2.75, 3.05) is 11.1 Å². The zero-order valence-corrected chi connectivity index (χ0v) is 17.3. The summed E-state index contributed by atoms with van der Waals surface area (Å²) < 4.78 is 35.2. The van der Waals surface area contributed by atoms with E-state index < -0.39 is 17.5 Å². The van der Waals surface area contributed by atoms with Crippen LogP contribution in [0.1, 0.15) is 16.2 Å². The Morgan fingerprint density at radius 1 is 1.12 bits per heavy atom. The van der Waals surface area contributed by atoms with Crippen LogP contribution in [0.15, 0.2) is 54.7 Å². The third kappa shape index (κ3) is 4.08. The number of anilines is 2. The Balaban J connectivity index is 1.53. The minimum atomic E-state index is -0.749. The van der Waals surface area contributed by atoms with E-state index in [-0.39, 0.29) is 39.4 Å². The molecule has 0 aliphatic rings. The van der Waals surface area contributed by atoms with Crippen molar-refractivity contribution < 1.29 is 18.3 Å². The second-order valence-corrected chi connectivity index (χ2v) is 6.97. The number of nitrogens with zero attached hydrogens (tertiary/aromatic N) is 4. The predicted octanol–water partition coefficient (Wildman–Crippen LogP) is 4.53. The van der Waals surface area contributed by atoms with Gasteiger partial charge in [0.1, 0.15) is 22.3 Å². The van der Waals surface area contributed by atoms with E-state index in [0.29, 0.717) is 5.69 Å². The van der Waals surface area contributed by atoms with Crippen molar-refractivity contribution in [3.63, 3.8) is 0 Å². The van der Waals surface area contributed by atoms with E-state index in [2.05, 4.69) is 20.6 Å². The molecular weight excluding hydrogens is 442 g/mol. The van der Waals surface area contributed by atoms with Gasteiger partial charge in [-0.3, -0.25) is 4.79 Å². The first kappa shape index (κ1) is 21.2. The lowest BCUT2D eigenvalue weighted by Crippen LogP contribution is -2.14. The van der Waals surface area contributed by atoms with Gasteiger partial charge in [-0.25, -0.2) is 18.4 Å². The molecule has 0 bridgehead atoms. The largest absolute Gasteiger partial charge is 0.453 e. The molecule has 0 aliphatic carbocycles. The molecule has 0 spiro atoms. The Morgan fingerprint density at radius 2 is 1.91 bits per heavy atom. The van der Waals surface area contributed by atoms with E-state index in [0.717, 1.165) is 6.07 Å². The Hall–Kier alpha value is -4.05. The molecule has 32 heavy (non-hydrogen) atoms. The second-order valence-electron chi connectivity index (χ2n) is 6.60. The normalized spacial score (nSPS) is 10.8. The number of para-hydroxylation sites is 1. The van der Waals surface area contributed by atoms with Gasteiger partial charge in [0.05, 0.1) is 5.69 Å². The van der Waals surface area contributed by atoms with Gasteiger partial charge >= 0.3 is 0 Å². The van der Waals surface area contributed by atoms with Gasteiger partial charge in [0, 0.05) is 24.0 Å². The van der Waals surface area contributed by atoms with E-state index in [1.807, 2.05) is 0 Å². The number of nitrogens with two attached hydrogens (primary N) is 1. The SMILES string of the molecule is Cc1c(C(=O)Nc2ccc(Oc3ccnc(N)c3Cl)c(F)c2)nnn1-c1ccccc1F. The molecule has 4 rings (SSSR count). The summed E-state index contributed by atoms with van der Waals surface area (Å²) >= 11 is 6.00. The average molecular weight is 457 g/mol. The zero-order chi connectivity index (χ0) is 22.8. The highest BCUT2D eigenvalue weighted by atomic mass is 35.5. The summed E-state index contributed by atoms with van der Waals surface area (Å²) in [6.07, 6.45) is 1.37. The first-order chi connectivity index (χ1) is 15.3. The smallest absolute Gasteiger partial charge is 0.278 e. The number of rotatable bonds is 5. The topological polar surface area (TPSA) is 108 Å². The van der Waals surface area contributed by atoms with Crippen LogP contribution in [0.4, 0.5) is 20.3 Å². The average Bonchev–Trinajstić information content (AvgIpc) is 3.15. The van der Waals surface area contributed by atoms with Crippen LogP contribution in [0.25, 0.3) is 5.69 Å². The molecule has 2 aromatic heterocycles. The number of halogens is 3. The van der Waals surface area contributed by atoms with Crippen molar-refractivity contribution in [3.05, 3.63) is 82.8 Å². The van der Waals surface area contributed by atoms with Gasteiger partial charge in [-0.15, -0.1) is 5.10 Å². The summed E-state index contributed by atoms with van der Waals surface area (Å²) in [7, 11) is 0. The van der Waals surface area contributed by atoms with Crippen LogP contribution >= 0.6 is 11.6 Å². The van der Waals surface area contributed by atoms with E-state index in [1.54, 1.807) is 13.0 Å². The van der Waals surface area contributed by atoms with Crippen LogP contribution in [0.2, 0.25) is 5.02 Å². The molecule has 0 unspecified atom stereocenters.